The van der Waals surface area contributed by atoms with E-state index in [9.17, 15) is 33.0 Å². The van der Waals surface area contributed by atoms with Crippen LogP contribution in [0.3, 0.4) is 0 Å². The Morgan fingerprint density at radius 3 is 2.71 bits per heavy atom. The van der Waals surface area contributed by atoms with Crippen LogP contribution in [0.25, 0.3) is 11.0 Å². The number of benzene rings is 1. The SMILES string of the molecule is CCC[C@@]1(C(=O)O)CN(C(=O)c2ccc3nc(C(F)(F)F)[nH]c3c2)CC[C@@H]1O. The van der Waals surface area contributed by atoms with E-state index in [0.717, 1.165) is 0 Å². The number of carbonyl (C=O) groups excluding carboxylic acids is 1. The summed E-state index contributed by atoms with van der Waals surface area (Å²) < 4.78 is 38.4. The summed E-state index contributed by atoms with van der Waals surface area (Å²) in [6.45, 7) is 1.79. The lowest BCUT2D eigenvalue weighted by Crippen LogP contribution is -2.57. The number of aromatic nitrogens is 2. The highest BCUT2D eigenvalue weighted by Crippen LogP contribution is 2.36. The molecule has 0 aliphatic carbocycles. The first-order chi connectivity index (χ1) is 13.1. The second-order valence-electron chi connectivity index (χ2n) is 7.06. The third-order valence-electron chi connectivity index (χ3n) is 5.19. The van der Waals surface area contributed by atoms with Crippen LogP contribution >= 0.6 is 0 Å². The Labute approximate surface area is 158 Å². The van der Waals surface area contributed by atoms with Crippen LogP contribution in [0.2, 0.25) is 0 Å². The topological polar surface area (TPSA) is 107 Å². The fraction of sp³-hybridized carbons (Fsp3) is 0.500. The number of carboxylic acid groups (broad SMARTS) is 1. The van der Waals surface area contributed by atoms with Crippen molar-refractivity contribution in [3.8, 4) is 0 Å². The standard InChI is InChI=1S/C18H20F3N3O4/c1-2-6-17(16(27)28)9-24(7-5-13(17)25)14(26)10-3-4-11-12(8-10)23-15(22-11)18(19,20)21/h3-4,8,13,25H,2,5-7,9H2,1H3,(H,22,23)(H,27,28)/t13-,17+/m0/s1. The van der Waals surface area contributed by atoms with Crippen molar-refractivity contribution >= 4 is 22.9 Å². The van der Waals surface area contributed by atoms with Gasteiger partial charge in [0.1, 0.15) is 5.41 Å². The number of likely N-dealkylation sites (tertiary alicyclic amines) is 1. The number of nitrogens with one attached hydrogen (secondary N) is 1. The van der Waals surface area contributed by atoms with Gasteiger partial charge in [-0.1, -0.05) is 13.3 Å². The van der Waals surface area contributed by atoms with Gasteiger partial charge >= 0.3 is 12.1 Å². The summed E-state index contributed by atoms with van der Waals surface area (Å²) in [5.41, 5.74) is -1.20. The van der Waals surface area contributed by atoms with E-state index in [4.69, 9.17) is 0 Å². The molecule has 0 spiro atoms. The molecule has 7 nitrogen and oxygen atoms in total. The molecule has 0 unspecified atom stereocenters. The van der Waals surface area contributed by atoms with Crippen LogP contribution in [0.4, 0.5) is 13.2 Å². The van der Waals surface area contributed by atoms with E-state index in [-0.39, 0.29) is 42.5 Å². The molecule has 1 amide bonds. The van der Waals surface area contributed by atoms with E-state index >= 15 is 0 Å². The number of fused-ring (bicyclic) bond motifs is 1. The summed E-state index contributed by atoms with van der Waals surface area (Å²) in [5.74, 6) is -2.82. The average molecular weight is 399 g/mol. The van der Waals surface area contributed by atoms with Crippen LogP contribution in [0.15, 0.2) is 18.2 Å². The molecule has 1 saturated heterocycles. The molecule has 0 radical (unpaired) electrons. The summed E-state index contributed by atoms with van der Waals surface area (Å²) in [6, 6.07) is 3.94. The van der Waals surface area contributed by atoms with Gasteiger partial charge in [-0.15, -0.1) is 0 Å². The Morgan fingerprint density at radius 2 is 2.11 bits per heavy atom. The Bertz CT molecular complexity index is 911. The number of aromatic amines is 1. The lowest BCUT2D eigenvalue weighted by molar-refractivity contribution is -0.162. The van der Waals surface area contributed by atoms with E-state index < -0.39 is 35.4 Å². The first-order valence-electron chi connectivity index (χ1n) is 8.86. The molecule has 0 bridgehead atoms. The molecule has 0 saturated carbocycles. The number of aliphatic hydroxyl groups is 1. The van der Waals surface area contributed by atoms with Gasteiger partial charge < -0.3 is 20.1 Å². The average Bonchev–Trinajstić information content (AvgIpc) is 3.06. The van der Waals surface area contributed by atoms with E-state index in [1.165, 1.54) is 23.1 Å². The molecule has 2 aromatic rings. The monoisotopic (exact) mass is 399 g/mol. The smallest absolute Gasteiger partial charge is 0.449 e. The number of carbonyl (C=O) groups is 2. The molecule has 2 atom stereocenters. The molecule has 28 heavy (non-hydrogen) atoms. The van der Waals surface area contributed by atoms with Crippen molar-refractivity contribution in [2.24, 2.45) is 5.41 Å². The molecule has 1 aliphatic rings. The zero-order chi connectivity index (χ0) is 20.7. The first-order valence-corrected chi connectivity index (χ1v) is 8.86. The third kappa shape index (κ3) is 3.44. The van der Waals surface area contributed by atoms with Crippen molar-refractivity contribution in [1.29, 1.82) is 0 Å². The van der Waals surface area contributed by atoms with Crippen molar-refractivity contribution in [2.45, 2.75) is 38.5 Å². The molecule has 1 aromatic carbocycles. The lowest BCUT2D eigenvalue weighted by atomic mass is 9.74. The molecule has 3 N–H and O–H groups in total. The number of carboxylic acids is 1. The summed E-state index contributed by atoms with van der Waals surface area (Å²) >= 11 is 0. The largest absolute Gasteiger partial charge is 0.481 e. The van der Waals surface area contributed by atoms with Crippen LogP contribution in [0.5, 0.6) is 0 Å². The number of alkyl halides is 3. The first kappa shape index (κ1) is 20.1. The lowest BCUT2D eigenvalue weighted by Gasteiger charge is -2.43. The maximum atomic E-state index is 12.9. The fourth-order valence-electron chi connectivity index (χ4n) is 3.72. The highest BCUT2D eigenvalue weighted by Gasteiger charge is 2.49. The van der Waals surface area contributed by atoms with Gasteiger partial charge in [-0.3, -0.25) is 9.59 Å². The highest BCUT2D eigenvalue weighted by atomic mass is 19.4. The number of aliphatic hydroxyl groups excluding tert-OH is 1. The Kier molecular flexibility index (Phi) is 5.09. The Hall–Kier alpha value is -2.62. The van der Waals surface area contributed by atoms with Crippen LogP contribution in [-0.4, -0.2) is 56.2 Å². The highest BCUT2D eigenvalue weighted by molar-refractivity contribution is 5.97. The molecule has 1 aromatic heterocycles. The molecule has 1 fully saturated rings. The van der Waals surface area contributed by atoms with Gasteiger partial charge in [0.15, 0.2) is 0 Å². The third-order valence-corrected chi connectivity index (χ3v) is 5.19. The second-order valence-corrected chi connectivity index (χ2v) is 7.06. The minimum absolute atomic E-state index is 0.0632. The van der Waals surface area contributed by atoms with Crippen molar-refractivity contribution in [1.82, 2.24) is 14.9 Å². The van der Waals surface area contributed by atoms with Gasteiger partial charge in [-0.05, 0) is 31.0 Å². The van der Waals surface area contributed by atoms with Gasteiger partial charge in [-0.25, -0.2) is 4.98 Å². The summed E-state index contributed by atoms with van der Waals surface area (Å²) in [4.78, 5) is 31.6. The molecule has 10 heteroatoms. The maximum Gasteiger partial charge on any atom is 0.449 e. The van der Waals surface area contributed by atoms with Crippen molar-refractivity contribution in [3.63, 3.8) is 0 Å². The number of piperidine rings is 1. The van der Waals surface area contributed by atoms with E-state index in [1.807, 2.05) is 0 Å². The van der Waals surface area contributed by atoms with Crippen LogP contribution in [-0.2, 0) is 11.0 Å². The Balaban J connectivity index is 1.90. The maximum absolute atomic E-state index is 12.9. The number of aliphatic carboxylic acids is 1. The fourth-order valence-corrected chi connectivity index (χ4v) is 3.72. The van der Waals surface area contributed by atoms with Gasteiger partial charge in [0.05, 0.1) is 17.1 Å². The number of halogens is 3. The summed E-state index contributed by atoms with van der Waals surface area (Å²) in [5, 5.41) is 19.9. The minimum Gasteiger partial charge on any atom is -0.481 e. The van der Waals surface area contributed by atoms with Gasteiger partial charge in [0, 0.05) is 18.7 Å². The minimum atomic E-state index is -4.63. The van der Waals surface area contributed by atoms with Crippen molar-refractivity contribution < 1.29 is 33.0 Å². The van der Waals surface area contributed by atoms with Crippen molar-refractivity contribution in [3.05, 3.63) is 29.6 Å². The second kappa shape index (κ2) is 7.08. The summed E-state index contributed by atoms with van der Waals surface area (Å²) in [6.07, 6.45) is -4.86. The molecule has 1 aliphatic heterocycles. The van der Waals surface area contributed by atoms with Crippen LogP contribution < -0.4 is 0 Å². The summed E-state index contributed by atoms with van der Waals surface area (Å²) in [7, 11) is 0. The molecule has 3 rings (SSSR count). The van der Waals surface area contributed by atoms with E-state index in [2.05, 4.69) is 9.97 Å². The van der Waals surface area contributed by atoms with E-state index in [1.54, 1.807) is 6.92 Å². The molecule has 2 heterocycles. The number of H-pyrrole nitrogens is 1. The predicted molar refractivity (Wildman–Crippen MR) is 92.6 cm³/mol. The number of hydrogen-bond acceptors (Lipinski definition) is 4. The molecular formula is C18H20F3N3O4. The van der Waals surface area contributed by atoms with Gasteiger partial charge in [0.2, 0.25) is 5.82 Å². The van der Waals surface area contributed by atoms with Crippen LogP contribution in [0, 0.1) is 5.41 Å². The predicted octanol–water partition coefficient (Wildman–Crippen LogP) is 2.66. The van der Waals surface area contributed by atoms with Crippen LogP contribution in [0.1, 0.15) is 42.4 Å². The molecular weight excluding hydrogens is 379 g/mol. The zero-order valence-corrected chi connectivity index (χ0v) is 15.1. The number of imidazole rings is 1. The van der Waals surface area contributed by atoms with Crippen molar-refractivity contribution in [2.75, 3.05) is 13.1 Å². The number of amides is 1. The number of rotatable bonds is 4. The Morgan fingerprint density at radius 1 is 1.39 bits per heavy atom. The number of nitrogens with zero attached hydrogens (tertiary/aromatic N) is 2. The zero-order valence-electron chi connectivity index (χ0n) is 15.1. The van der Waals surface area contributed by atoms with Gasteiger partial charge in [-0.2, -0.15) is 13.2 Å². The number of hydrogen-bond donors (Lipinski definition) is 3. The molecule has 152 valence electrons. The quantitative estimate of drug-likeness (QED) is 0.733. The normalized spacial score (nSPS) is 23.2. The van der Waals surface area contributed by atoms with Gasteiger partial charge in [0.25, 0.3) is 5.91 Å². The van der Waals surface area contributed by atoms with E-state index in [0.29, 0.717) is 6.42 Å².